The molecule has 3 rings (SSSR count). The Morgan fingerprint density at radius 1 is 1.20 bits per heavy atom. The summed E-state index contributed by atoms with van der Waals surface area (Å²) in [7, 11) is 0. The minimum absolute atomic E-state index is 0.268. The minimum atomic E-state index is -0.624. The highest BCUT2D eigenvalue weighted by molar-refractivity contribution is 9.10. The van der Waals surface area contributed by atoms with Crippen molar-refractivity contribution in [3.05, 3.63) is 96.4 Å². The Bertz CT molecular complexity index is 963. The van der Waals surface area contributed by atoms with Crippen molar-refractivity contribution in [2.24, 2.45) is 0 Å². The molecule has 7 heteroatoms. The van der Waals surface area contributed by atoms with Crippen LogP contribution in [0.25, 0.3) is 5.69 Å². The van der Waals surface area contributed by atoms with Gasteiger partial charge in [0.15, 0.2) is 0 Å². The summed E-state index contributed by atoms with van der Waals surface area (Å²) in [5, 5.41) is 14.3. The number of rotatable bonds is 5. The maximum Gasteiger partial charge on any atom is 0.275 e. The van der Waals surface area contributed by atoms with E-state index in [0.717, 1.165) is 10.0 Å². The van der Waals surface area contributed by atoms with Crippen LogP contribution in [0.3, 0.4) is 0 Å². The Morgan fingerprint density at radius 3 is 2.56 bits per heavy atom. The number of para-hydroxylation sites is 1. The van der Waals surface area contributed by atoms with E-state index in [-0.39, 0.29) is 17.0 Å². The molecule has 1 N–H and O–H groups in total. The van der Waals surface area contributed by atoms with Crippen LogP contribution in [0.2, 0.25) is 0 Å². The van der Waals surface area contributed by atoms with Gasteiger partial charge < -0.3 is 0 Å². The highest BCUT2D eigenvalue weighted by Crippen LogP contribution is 2.27. The molecule has 0 aliphatic carbocycles. The zero-order valence-corrected chi connectivity index (χ0v) is 15.1. The van der Waals surface area contributed by atoms with Crippen LogP contribution >= 0.6 is 15.9 Å². The molecule has 25 heavy (non-hydrogen) atoms. The Hall–Kier alpha value is -2.67. The third-order valence-corrected chi connectivity index (χ3v) is 4.56. The number of aromatic amines is 1. The molecule has 2 aromatic carbocycles. The zero-order valence-electron chi connectivity index (χ0n) is 13.5. The highest BCUT2D eigenvalue weighted by atomic mass is 79.9. The van der Waals surface area contributed by atoms with Crippen LogP contribution in [-0.2, 0) is 0 Å². The van der Waals surface area contributed by atoms with E-state index in [1.165, 1.54) is 4.68 Å². The van der Waals surface area contributed by atoms with Crippen molar-refractivity contribution in [1.82, 2.24) is 9.78 Å². The molecule has 0 aliphatic heterocycles. The summed E-state index contributed by atoms with van der Waals surface area (Å²) in [5.74, 6) is -0.624. The number of benzene rings is 2. The normalized spacial score (nSPS) is 12.1. The molecule has 0 fully saturated rings. The number of aromatic nitrogens is 2. The molecule has 0 unspecified atom stereocenters. The van der Waals surface area contributed by atoms with Crippen LogP contribution < -0.4 is 5.56 Å². The first-order chi connectivity index (χ1) is 12.0. The van der Waals surface area contributed by atoms with Crippen LogP contribution in [0.1, 0.15) is 22.7 Å². The lowest BCUT2D eigenvalue weighted by atomic mass is 9.91. The maximum absolute atomic E-state index is 13.0. The first kappa shape index (κ1) is 17.2. The van der Waals surface area contributed by atoms with Crippen molar-refractivity contribution >= 4 is 15.9 Å². The third-order valence-electron chi connectivity index (χ3n) is 4.06. The van der Waals surface area contributed by atoms with Crippen molar-refractivity contribution < 1.29 is 4.92 Å². The summed E-state index contributed by atoms with van der Waals surface area (Å²) in [6.07, 6.45) is 0. The molecule has 0 spiro atoms. The second kappa shape index (κ2) is 7.06. The van der Waals surface area contributed by atoms with Gasteiger partial charge in [-0.2, -0.15) is 0 Å². The van der Waals surface area contributed by atoms with E-state index in [1.807, 2.05) is 48.5 Å². The molecular weight excluding hydrogens is 386 g/mol. The van der Waals surface area contributed by atoms with Crippen LogP contribution in [-0.4, -0.2) is 21.2 Å². The van der Waals surface area contributed by atoms with E-state index < -0.39 is 5.92 Å². The van der Waals surface area contributed by atoms with Gasteiger partial charge in [0, 0.05) is 15.1 Å². The SMILES string of the molecule is Cc1[nH]n(-c2ccccc2)c(=O)c1[C@H](C[N+](=O)[O-])c1cccc(Br)c1. The predicted octanol–water partition coefficient (Wildman–Crippen LogP) is 3.65. The van der Waals surface area contributed by atoms with Gasteiger partial charge in [0.05, 0.1) is 17.2 Å². The first-order valence-corrected chi connectivity index (χ1v) is 8.51. The molecule has 0 saturated heterocycles. The van der Waals surface area contributed by atoms with Gasteiger partial charge in [-0.15, -0.1) is 0 Å². The summed E-state index contributed by atoms with van der Waals surface area (Å²) < 4.78 is 2.24. The van der Waals surface area contributed by atoms with Gasteiger partial charge in [0.25, 0.3) is 5.56 Å². The maximum atomic E-state index is 13.0. The average molecular weight is 402 g/mol. The number of nitrogens with zero attached hydrogens (tertiary/aromatic N) is 2. The molecule has 0 aliphatic rings. The Morgan fingerprint density at radius 2 is 1.92 bits per heavy atom. The van der Waals surface area contributed by atoms with E-state index in [2.05, 4.69) is 21.0 Å². The standard InChI is InChI=1S/C18H16BrN3O3/c1-12-17(18(23)22(20-12)15-8-3-2-4-9-15)16(11-21(24)25)13-6-5-7-14(19)10-13/h2-10,16,20H,11H2,1H3/t16-/m1/s1. The molecule has 0 amide bonds. The van der Waals surface area contributed by atoms with Gasteiger partial charge in [-0.1, -0.05) is 46.3 Å². The second-order valence-electron chi connectivity index (χ2n) is 5.75. The molecule has 1 heterocycles. The van der Waals surface area contributed by atoms with E-state index in [9.17, 15) is 14.9 Å². The summed E-state index contributed by atoms with van der Waals surface area (Å²) in [5.41, 5.74) is 2.19. The molecule has 0 saturated carbocycles. The zero-order chi connectivity index (χ0) is 18.0. The Balaban J connectivity index is 2.15. The molecule has 1 atom stereocenters. The number of H-pyrrole nitrogens is 1. The lowest BCUT2D eigenvalue weighted by Gasteiger charge is -2.12. The smallest absolute Gasteiger partial charge is 0.275 e. The number of hydrogen-bond donors (Lipinski definition) is 1. The van der Waals surface area contributed by atoms with E-state index in [0.29, 0.717) is 16.9 Å². The molecule has 3 aromatic rings. The lowest BCUT2D eigenvalue weighted by molar-refractivity contribution is -0.481. The van der Waals surface area contributed by atoms with Gasteiger partial charge >= 0.3 is 0 Å². The molecule has 0 bridgehead atoms. The number of halogens is 1. The predicted molar refractivity (Wildman–Crippen MR) is 99.0 cm³/mol. The quantitative estimate of drug-likeness (QED) is 0.523. The second-order valence-corrected chi connectivity index (χ2v) is 6.67. The van der Waals surface area contributed by atoms with Gasteiger partial charge in [-0.25, -0.2) is 4.68 Å². The van der Waals surface area contributed by atoms with Crippen molar-refractivity contribution in [2.75, 3.05) is 6.54 Å². The topological polar surface area (TPSA) is 80.9 Å². The minimum Gasteiger partial charge on any atom is -0.295 e. The number of aryl methyl sites for hydroxylation is 1. The third kappa shape index (κ3) is 3.56. The van der Waals surface area contributed by atoms with E-state index in [1.54, 1.807) is 13.0 Å². The van der Waals surface area contributed by atoms with Crippen molar-refractivity contribution in [1.29, 1.82) is 0 Å². The fourth-order valence-electron chi connectivity index (χ4n) is 2.96. The Labute approximate surface area is 152 Å². The monoisotopic (exact) mass is 401 g/mol. The fraction of sp³-hybridized carbons (Fsp3) is 0.167. The van der Waals surface area contributed by atoms with E-state index in [4.69, 9.17) is 0 Å². The van der Waals surface area contributed by atoms with Crippen LogP contribution in [0.5, 0.6) is 0 Å². The summed E-state index contributed by atoms with van der Waals surface area (Å²) in [4.78, 5) is 23.8. The molecule has 6 nitrogen and oxygen atoms in total. The fourth-order valence-corrected chi connectivity index (χ4v) is 3.38. The molecule has 128 valence electrons. The summed E-state index contributed by atoms with van der Waals surface area (Å²) >= 11 is 3.39. The average Bonchev–Trinajstić information content (AvgIpc) is 2.88. The first-order valence-electron chi connectivity index (χ1n) is 7.71. The van der Waals surface area contributed by atoms with Gasteiger partial charge in [0.1, 0.15) is 0 Å². The molecule has 1 aromatic heterocycles. The van der Waals surface area contributed by atoms with Gasteiger partial charge in [-0.05, 0) is 36.8 Å². The largest absolute Gasteiger partial charge is 0.295 e. The molecule has 0 radical (unpaired) electrons. The van der Waals surface area contributed by atoms with Gasteiger partial charge in [0.2, 0.25) is 6.54 Å². The number of hydrogen-bond acceptors (Lipinski definition) is 3. The summed E-state index contributed by atoms with van der Waals surface area (Å²) in [6.45, 7) is 1.42. The van der Waals surface area contributed by atoms with Crippen LogP contribution in [0.4, 0.5) is 0 Å². The lowest BCUT2D eigenvalue weighted by Crippen LogP contribution is -2.23. The number of nitro groups is 1. The van der Waals surface area contributed by atoms with Crippen LogP contribution in [0, 0.1) is 17.0 Å². The summed E-state index contributed by atoms with van der Waals surface area (Å²) in [6, 6.07) is 16.4. The van der Waals surface area contributed by atoms with Crippen LogP contribution in [0.15, 0.2) is 63.9 Å². The van der Waals surface area contributed by atoms with Crippen molar-refractivity contribution in [2.45, 2.75) is 12.8 Å². The highest BCUT2D eigenvalue weighted by Gasteiger charge is 2.27. The number of nitrogens with one attached hydrogen (secondary N) is 1. The van der Waals surface area contributed by atoms with Crippen molar-refractivity contribution in [3.8, 4) is 5.69 Å². The van der Waals surface area contributed by atoms with Crippen molar-refractivity contribution in [3.63, 3.8) is 0 Å². The van der Waals surface area contributed by atoms with Gasteiger partial charge in [-0.3, -0.25) is 20.0 Å². The Kier molecular flexibility index (Phi) is 4.85. The van der Waals surface area contributed by atoms with E-state index >= 15 is 0 Å². The molecular formula is C18H16BrN3O3.